The average molecular weight is 290 g/mol. The molecule has 1 aromatic heterocycles. The first-order valence-corrected chi connectivity index (χ1v) is 8.00. The molecule has 1 aliphatic carbocycles. The van der Waals surface area contributed by atoms with Crippen LogP contribution in [0.5, 0.6) is 0 Å². The number of nitrogens with two attached hydrogens (primary N) is 1. The Bertz CT molecular complexity index is 504. The molecule has 3 N–H and O–H groups in total. The molecule has 0 bridgehead atoms. The standard InChI is InChI=1S/C17H30N4/c1-11-13(18)20-15(16(2,3)4)21-14(11)19-12-7-9-17(5,6)10-8-12/h12H,7-10H2,1-6H3,(H3,18,19,20,21). The summed E-state index contributed by atoms with van der Waals surface area (Å²) in [5.41, 5.74) is 7.43. The summed E-state index contributed by atoms with van der Waals surface area (Å²) in [5.74, 6) is 2.31. The predicted octanol–water partition coefficient (Wildman–Crippen LogP) is 4.05. The van der Waals surface area contributed by atoms with Gasteiger partial charge in [-0.05, 0) is 38.0 Å². The number of nitrogens with one attached hydrogen (secondary N) is 1. The number of anilines is 2. The highest BCUT2D eigenvalue weighted by atomic mass is 15.1. The molecular formula is C17H30N4. The highest BCUT2D eigenvalue weighted by Crippen LogP contribution is 2.36. The summed E-state index contributed by atoms with van der Waals surface area (Å²) in [4.78, 5) is 9.18. The van der Waals surface area contributed by atoms with Crippen LogP contribution in [0.2, 0.25) is 0 Å². The fourth-order valence-corrected chi connectivity index (χ4v) is 2.75. The van der Waals surface area contributed by atoms with Crippen LogP contribution in [0.4, 0.5) is 11.6 Å². The van der Waals surface area contributed by atoms with Crippen molar-refractivity contribution in [1.82, 2.24) is 9.97 Å². The summed E-state index contributed by atoms with van der Waals surface area (Å²) < 4.78 is 0. The molecular weight excluding hydrogens is 260 g/mol. The lowest BCUT2D eigenvalue weighted by Gasteiger charge is -2.35. The molecule has 1 aromatic rings. The van der Waals surface area contributed by atoms with E-state index in [1.54, 1.807) is 0 Å². The maximum Gasteiger partial charge on any atom is 0.138 e. The second-order valence-electron chi connectivity index (χ2n) is 8.24. The van der Waals surface area contributed by atoms with Gasteiger partial charge in [0.15, 0.2) is 0 Å². The fraction of sp³-hybridized carbons (Fsp3) is 0.765. The van der Waals surface area contributed by atoms with Gasteiger partial charge in [0.25, 0.3) is 0 Å². The van der Waals surface area contributed by atoms with Gasteiger partial charge in [-0.1, -0.05) is 34.6 Å². The molecule has 1 fully saturated rings. The van der Waals surface area contributed by atoms with E-state index in [-0.39, 0.29) is 5.41 Å². The normalized spacial score (nSPS) is 19.5. The maximum atomic E-state index is 6.08. The molecule has 1 heterocycles. The summed E-state index contributed by atoms with van der Waals surface area (Å²) in [6.45, 7) is 13.1. The van der Waals surface area contributed by atoms with E-state index >= 15 is 0 Å². The Labute approximate surface area is 128 Å². The van der Waals surface area contributed by atoms with E-state index in [2.05, 4.69) is 44.9 Å². The highest BCUT2D eigenvalue weighted by molar-refractivity contribution is 5.55. The van der Waals surface area contributed by atoms with Gasteiger partial charge in [-0.15, -0.1) is 0 Å². The van der Waals surface area contributed by atoms with Crippen LogP contribution >= 0.6 is 0 Å². The van der Waals surface area contributed by atoms with Gasteiger partial charge in [0.05, 0.1) is 0 Å². The predicted molar refractivity (Wildman–Crippen MR) is 89.5 cm³/mol. The average Bonchev–Trinajstić information content (AvgIpc) is 2.35. The molecule has 0 saturated heterocycles. The van der Waals surface area contributed by atoms with Crippen molar-refractivity contribution in [2.24, 2.45) is 5.41 Å². The molecule has 0 aromatic carbocycles. The molecule has 0 amide bonds. The molecule has 0 unspecified atom stereocenters. The summed E-state index contributed by atoms with van der Waals surface area (Å²) in [6.07, 6.45) is 4.91. The van der Waals surface area contributed by atoms with Crippen LogP contribution in [0.1, 0.15) is 71.7 Å². The van der Waals surface area contributed by atoms with Crippen molar-refractivity contribution in [2.45, 2.75) is 78.7 Å². The molecule has 1 aliphatic rings. The van der Waals surface area contributed by atoms with Gasteiger partial charge in [0, 0.05) is 17.0 Å². The van der Waals surface area contributed by atoms with Crippen molar-refractivity contribution in [3.05, 3.63) is 11.4 Å². The van der Waals surface area contributed by atoms with Gasteiger partial charge in [-0.25, -0.2) is 9.97 Å². The zero-order chi connectivity index (χ0) is 15.8. The smallest absolute Gasteiger partial charge is 0.138 e. The third kappa shape index (κ3) is 3.86. The number of aromatic nitrogens is 2. The number of nitrogen functional groups attached to an aromatic ring is 1. The van der Waals surface area contributed by atoms with Crippen molar-refractivity contribution in [2.75, 3.05) is 11.1 Å². The van der Waals surface area contributed by atoms with E-state index in [0.29, 0.717) is 17.3 Å². The van der Waals surface area contributed by atoms with Crippen molar-refractivity contribution in [1.29, 1.82) is 0 Å². The summed E-state index contributed by atoms with van der Waals surface area (Å²) >= 11 is 0. The number of hydrogen-bond donors (Lipinski definition) is 2. The van der Waals surface area contributed by atoms with Gasteiger partial charge in [-0.3, -0.25) is 0 Å². The lowest BCUT2D eigenvalue weighted by molar-refractivity contribution is 0.232. The molecule has 1 saturated carbocycles. The maximum absolute atomic E-state index is 6.08. The third-order valence-corrected chi connectivity index (χ3v) is 4.53. The first kappa shape index (κ1) is 16.1. The Hall–Kier alpha value is -1.32. The minimum Gasteiger partial charge on any atom is -0.383 e. The van der Waals surface area contributed by atoms with Gasteiger partial charge in [0.1, 0.15) is 17.5 Å². The fourth-order valence-electron chi connectivity index (χ4n) is 2.75. The van der Waals surface area contributed by atoms with E-state index in [9.17, 15) is 0 Å². The van der Waals surface area contributed by atoms with Crippen LogP contribution in [0, 0.1) is 12.3 Å². The summed E-state index contributed by atoms with van der Waals surface area (Å²) in [5, 5.41) is 3.61. The molecule has 2 rings (SSSR count). The quantitative estimate of drug-likeness (QED) is 0.862. The van der Waals surface area contributed by atoms with Crippen molar-refractivity contribution in [3.63, 3.8) is 0 Å². The monoisotopic (exact) mass is 290 g/mol. The largest absolute Gasteiger partial charge is 0.383 e. The van der Waals surface area contributed by atoms with E-state index in [1.807, 2.05) is 6.92 Å². The number of rotatable bonds is 2. The zero-order valence-electron chi connectivity index (χ0n) is 14.4. The van der Waals surface area contributed by atoms with Crippen molar-refractivity contribution in [3.8, 4) is 0 Å². The lowest BCUT2D eigenvalue weighted by Crippen LogP contribution is -2.31. The van der Waals surface area contributed by atoms with Crippen molar-refractivity contribution < 1.29 is 0 Å². The summed E-state index contributed by atoms with van der Waals surface area (Å²) in [6, 6.07) is 0.499. The van der Waals surface area contributed by atoms with E-state index in [0.717, 1.165) is 17.2 Å². The highest BCUT2D eigenvalue weighted by Gasteiger charge is 2.28. The Morgan fingerprint density at radius 1 is 1.14 bits per heavy atom. The molecule has 0 spiro atoms. The summed E-state index contributed by atoms with van der Waals surface area (Å²) in [7, 11) is 0. The SMILES string of the molecule is Cc1c(N)nc(C(C)(C)C)nc1NC1CCC(C)(C)CC1. The van der Waals surface area contributed by atoms with Crippen LogP contribution < -0.4 is 11.1 Å². The minimum absolute atomic E-state index is 0.0905. The molecule has 118 valence electrons. The van der Waals surface area contributed by atoms with E-state index < -0.39 is 0 Å². The van der Waals surface area contributed by atoms with Crippen LogP contribution in [0.15, 0.2) is 0 Å². The van der Waals surface area contributed by atoms with Gasteiger partial charge in [0.2, 0.25) is 0 Å². The van der Waals surface area contributed by atoms with Gasteiger partial charge < -0.3 is 11.1 Å². The molecule has 21 heavy (non-hydrogen) atoms. The van der Waals surface area contributed by atoms with Crippen LogP contribution in [0.3, 0.4) is 0 Å². The molecule has 4 nitrogen and oxygen atoms in total. The minimum atomic E-state index is -0.0905. The lowest BCUT2D eigenvalue weighted by atomic mass is 9.75. The Morgan fingerprint density at radius 2 is 1.71 bits per heavy atom. The van der Waals surface area contributed by atoms with Crippen LogP contribution in [-0.2, 0) is 5.41 Å². The first-order valence-electron chi connectivity index (χ1n) is 8.00. The van der Waals surface area contributed by atoms with E-state index in [4.69, 9.17) is 10.7 Å². The Morgan fingerprint density at radius 3 is 2.24 bits per heavy atom. The molecule has 4 heteroatoms. The molecule has 0 atom stereocenters. The number of nitrogens with zero attached hydrogens (tertiary/aromatic N) is 2. The van der Waals surface area contributed by atoms with Gasteiger partial charge >= 0.3 is 0 Å². The Balaban J connectivity index is 2.18. The zero-order valence-corrected chi connectivity index (χ0v) is 14.4. The second-order valence-corrected chi connectivity index (χ2v) is 8.24. The third-order valence-electron chi connectivity index (χ3n) is 4.53. The van der Waals surface area contributed by atoms with Crippen LogP contribution in [0.25, 0.3) is 0 Å². The van der Waals surface area contributed by atoms with Gasteiger partial charge in [-0.2, -0.15) is 0 Å². The first-order chi connectivity index (χ1) is 9.58. The molecule has 0 radical (unpaired) electrons. The second kappa shape index (κ2) is 5.47. The Kier molecular flexibility index (Phi) is 4.18. The van der Waals surface area contributed by atoms with E-state index in [1.165, 1.54) is 25.7 Å². The van der Waals surface area contributed by atoms with Crippen LogP contribution in [-0.4, -0.2) is 16.0 Å². The molecule has 0 aliphatic heterocycles. The van der Waals surface area contributed by atoms with Crippen molar-refractivity contribution >= 4 is 11.6 Å². The topological polar surface area (TPSA) is 63.8 Å². The number of hydrogen-bond acceptors (Lipinski definition) is 4.